The van der Waals surface area contributed by atoms with Crippen LogP contribution in [0.4, 0.5) is 10.6 Å². The fourth-order valence-corrected chi connectivity index (χ4v) is 5.50. The molecule has 2 atom stereocenters. The lowest BCUT2D eigenvalue weighted by molar-refractivity contribution is -0.121. The highest BCUT2D eigenvalue weighted by atomic mass is 16.5. The highest BCUT2D eigenvalue weighted by Crippen LogP contribution is 2.39. The minimum Gasteiger partial charge on any atom is -0.484 e. The van der Waals surface area contributed by atoms with Gasteiger partial charge in [-0.2, -0.15) is 0 Å². The Kier molecular flexibility index (Phi) is 9.29. The molecule has 12 nitrogen and oxygen atoms in total. The van der Waals surface area contributed by atoms with Crippen molar-refractivity contribution in [2.75, 3.05) is 26.0 Å². The molecule has 3 amide bonds. The summed E-state index contributed by atoms with van der Waals surface area (Å²) >= 11 is 0. The van der Waals surface area contributed by atoms with Crippen molar-refractivity contribution in [2.45, 2.75) is 83.9 Å². The lowest BCUT2D eigenvalue weighted by Gasteiger charge is -2.32. The molecule has 1 aliphatic rings. The number of carbonyl (C=O) groups excluding carboxylic acids is 2. The molecule has 0 spiro atoms. The minimum absolute atomic E-state index is 0.130. The third kappa shape index (κ3) is 7.79. The lowest BCUT2D eigenvalue weighted by Crippen LogP contribution is -2.36. The Morgan fingerprint density at radius 2 is 1.70 bits per heavy atom. The number of urea groups is 1. The fourth-order valence-electron chi connectivity index (χ4n) is 5.50. The van der Waals surface area contributed by atoms with Crippen LogP contribution in [0.2, 0.25) is 0 Å². The second kappa shape index (κ2) is 13.0. The van der Waals surface area contributed by atoms with Crippen molar-refractivity contribution in [2.24, 2.45) is 0 Å². The number of rotatable bonds is 8. The van der Waals surface area contributed by atoms with Gasteiger partial charge in [-0.3, -0.25) is 14.5 Å². The summed E-state index contributed by atoms with van der Waals surface area (Å²) in [6.45, 7) is 12.9. The molecular formula is C34H45N9O3. The second-order valence-corrected chi connectivity index (χ2v) is 14.1. The van der Waals surface area contributed by atoms with E-state index in [-0.39, 0.29) is 48.0 Å². The first kappa shape index (κ1) is 32.8. The van der Waals surface area contributed by atoms with E-state index in [0.29, 0.717) is 24.5 Å². The van der Waals surface area contributed by atoms with Crippen LogP contribution in [-0.4, -0.2) is 62.0 Å². The van der Waals surface area contributed by atoms with Gasteiger partial charge < -0.3 is 20.3 Å². The Bertz CT molecular complexity index is 1720. The van der Waals surface area contributed by atoms with Crippen molar-refractivity contribution in [1.29, 1.82) is 0 Å². The average molecular weight is 628 g/mol. The van der Waals surface area contributed by atoms with E-state index < -0.39 is 0 Å². The van der Waals surface area contributed by atoms with Gasteiger partial charge in [-0.25, -0.2) is 14.8 Å². The third-order valence-corrected chi connectivity index (χ3v) is 7.75. The van der Waals surface area contributed by atoms with Gasteiger partial charge in [0.2, 0.25) is 5.91 Å². The van der Waals surface area contributed by atoms with E-state index in [1.807, 2.05) is 75.8 Å². The first-order chi connectivity index (χ1) is 21.7. The average Bonchev–Trinajstić information content (AvgIpc) is 3.41. The maximum atomic E-state index is 13.3. The monoisotopic (exact) mass is 627 g/mol. The number of anilines is 1. The molecule has 244 valence electrons. The maximum absolute atomic E-state index is 13.3. The molecule has 4 aromatic rings. The molecule has 0 fully saturated rings. The smallest absolute Gasteiger partial charge is 0.320 e. The molecule has 3 heterocycles. The number of aromatic nitrogens is 5. The molecule has 0 bridgehead atoms. The number of fused-ring (bicyclic) bond motifs is 2. The Balaban J connectivity index is 1.30. The van der Waals surface area contributed by atoms with Crippen LogP contribution in [0.15, 0.2) is 48.7 Å². The number of hydrogen-bond donors (Lipinski definition) is 3. The van der Waals surface area contributed by atoms with Crippen LogP contribution in [-0.2, 0) is 22.2 Å². The van der Waals surface area contributed by atoms with Crippen LogP contribution in [0.25, 0.3) is 5.65 Å². The third-order valence-electron chi connectivity index (χ3n) is 7.75. The predicted octanol–water partition coefficient (Wildman–Crippen LogP) is 5.07. The van der Waals surface area contributed by atoms with Crippen LogP contribution in [0.1, 0.15) is 95.0 Å². The van der Waals surface area contributed by atoms with Gasteiger partial charge in [0.05, 0.1) is 31.0 Å². The quantitative estimate of drug-likeness (QED) is 0.246. The van der Waals surface area contributed by atoms with Gasteiger partial charge >= 0.3 is 6.03 Å². The van der Waals surface area contributed by atoms with Crippen molar-refractivity contribution < 1.29 is 14.3 Å². The molecule has 0 saturated carbocycles. The fraction of sp³-hybridized carbons (Fsp3) is 0.471. The van der Waals surface area contributed by atoms with Gasteiger partial charge in [-0.15, -0.1) is 10.2 Å². The van der Waals surface area contributed by atoms with Crippen LogP contribution < -0.4 is 20.7 Å². The van der Waals surface area contributed by atoms with Crippen molar-refractivity contribution >= 4 is 23.4 Å². The Labute approximate surface area is 270 Å². The molecule has 2 unspecified atom stereocenters. The number of carbonyl (C=O) groups is 2. The molecule has 0 aliphatic heterocycles. The highest BCUT2D eigenvalue weighted by Gasteiger charge is 2.30. The Hall–Kier alpha value is -4.58. The topological polar surface area (TPSA) is 139 Å². The molecule has 3 aromatic heterocycles. The van der Waals surface area contributed by atoms with Gasteiger partial charge in [-0.05, 0) is 50.2 Å². The highest BCUT2D eigenvalue weighted by molar-refractivity contribution is 5.88. The van der Waals surface area contributed by atoms with Gasteiger partial charge in [0.1, 0.15) is 29.3 Å². The summed E-state index contributed by atoms with van der Waals surface area (Å²) in [5.41, 5.74) is 3.12. The lowest BCUT2D eigenvalue weighted by atomic mass is 9.85. The predicted molar refractivity (Wildman–Crippen MR) is 177 cm³/mol. The molecular weight excluding hydrogens is 582 g/mol. The normalized spacial score (nSPS) is 16.6. The van der Waals surface area contributed by atoms with E-state index in [0.717, 1.165) is 34.0 Å². The molecule has 0 saturated heterocycles. The zero-order valence-corrected chi connectivity index (χ0v) is 28.0. The van der Waals surface area contributed by atoms with Gasteiger partial charge in [0.25, 0.3) is 0 Å². The van der Waals surface area contributed by atoms with Gasteiger partial charge in [0.15, 0.2) is 5.65 Å². The molecule has 1 aliphatic carbocycles. The van der Waals surface area contributed by atoms with E-state index in [1.54, 1.807) is 11.0 Å². The van der Waals surface area contributed by atoms with Crippen LogP contribution in [0.3, 0.4) is 0 Å². The number of nitrogens with one attached hydrogen (secondary N) is 3. The van der Waals surface area contributed by atoms with E-state index >= 15 is 0 Å². The summed E-state index contributed by atoms with van der Waals surface area (Å²) in [5.74, 6) is 2.27. The van der Waals surface area contributed by atoms with Crippen molar-refractivity contribution in [3.8, 4) is 5.75 Å². The van der Waals surface area contributed by atoms with E-state index in [1.165, 1.54) is 0 Å². The van der Waals surface area contributed by atoms with Crippen molar-refractivity contribution in [3.63, 3.8) is 0 Å². The molecule has 0 radical (unpaired) electrons. The minimum atomic E-state index is -0.368. The number of likely N-dealkylation sites (N-methyl/N-ethyl adjacent to an activating group) is 1. The molecule has 46 heavy (non-hydrogen) atoms. The van der Waals surface area contributed by atoms with Crippen LogP contribution in [0, 0.1) is 0 Å². The molecule has 5 rings (SSSR count). The van der Waals surface area contributed by atoms with Crippen molar-refractivity contribution in [3.05, 3.63) is 77.1 Å². The van der Waals surface area contributed by atoms with E-state index in [9.17, 15) is 9.59 Å². The van der Waals surface area contributed by atoms with Gasteiger partial charge in [0, 0.05) is 16.9 Å². The van der Waals surface area contributed by atoms with Crippen molar-refractivity contribution in [1.82, 2.24) is 40.1 Å². The molecule has 12 heteroatoms. The zero-order chi connectivity index (χ0) is 33.2. The Morgan fingerprint density at radius 1 is 0.957 bits per heavy atom. The number of benzene rings is 1. The van der Waals surface area contributed by atoms with E-state index in [2.05, 4.69) is 63.0 Å². The number of ether oxygens (including phenoxy) is 1. The summed E-state index contributed by atoms with van der Waals surface area (Å²) < 4.78 is 8.53. The number of hydrogen-bond acceptors (Lipinski definition) is 8. The van der Waals surface area contributed by atoms with E-state index in [4.69, 9.17) is 4.74 Å². The SMILES string of the molecule is CN(C)CC(=O)NCc1nc(NC(=O)NC2CCC(Oc3ccc4nnc(C(C)(C)C)n4c3)c3ccccc32)cc(C(C)(C)C)n1. The number of amides is 3. The summed E-state index contributed by atoms with van der Waals surface area (Å²) in [4.78, 5) is 36.5. The first-order valence-corrected chi connectivity index (χ1v) is 15.7. The number of nitrogens with zero attached hydrogens (tertiary/aromatic N) is 6. The van der Waals surface area contributed by atoms with Gasteiger partial charge in [-0.1, -0.05) is 65.8 Å². The van der Waals surface area contributed by atoms with Crippen LogP contribution >= 0.6 is 0 Å². The summed E-state index contributed by atoms with van der Waals surface area (Å²) in [6.07, 6.45) is 3.18. The second-order valence-electron chi connectivity index (χ2n) is 14.1. The summed E-state index contributed by atoms with van der Waals surface area (Å²) in [7, 11) is 3.66. The molecule has 1 aromatic carbocycles. The zero-order valence-electron chi connectivity index (χ0n) is 28.0. The standard InChI is InChI=1S/C34H45N9O3/c1-33(2,3)26-17-27(38-28(37-26)18-35-30(44)20-42(7)8)39-32(45)36-24-14-15-25(23-12-10-9-11-22(23)24)46-21-13-16-29-40-41-31(34(4,5)6)43(29)19-21/h9-13,16-17,19,24-25H,14-15,18,20H2,1-8H3,(H,35,44)(H2,36,37,38,39,45). The largest absolute Gasteiger partial charge is 0.484 e. The Morgan fingerprint density at radius 3 is 2.39 bits per heavy atom. The molecule has 3 N–H and O–H groups in total. The van der Waals surface area contributed by atoms with Crippen LogP contribution in [0.5, 0.6) is 5.75 Å². The number of pyridine rings is 1. The first-order valence-electron chi connectivity index (χ1n) is 15.7. The summed E-state index contributed by atoms with van der Waals surface area (Å²) in [5, 5.41) is 17.6. The summed E-state index contributed by atoms with van der Waals surface area (Å²) in [6, 6.07) is 13.1. The maximum Gasteiger partial charge on any atom is 0.320 e.